The molecule has 35 heteroatoms. The van der Waals surface area contributed by atoms with Crippen LogP contribution < -0.4 is 4.74 Å². The highest BCUT2D eigenvalue weighted by atomic mass is 19.4. The lowest BCUT2D eigenvalue weighted by molar-refractivity contribution is -0.461. The summed E-state index contributed by atoms with van der Waals surface area (Å²) in [7, 11) is 0. The zero-order valence-corrected chi connectivity index (χ0v) is 32.3. The Labute approximate surface area is 364 Å². The smallest absolute Gasteiger partial charge is 0.460 e. The van der Waals surface area contributed by atoms with Crippen LogP contribution in [-0.4, -0.2) is 95.3 Å². The normalized spacial score (nSPS) is 15.9. The van der Waals surface area contributed by atoms with E-state index in [-0.39, 0.29) is 23.8 Å². The summed E-state index contributed by atoms with van der Waals surface area (Å²) in [5.41, 5.74) is -1.84. The Morgan fingerprint density at radius 3 is 0.843 bits per heavy atom. The Balaban J connectivity index is 2.62. The van der Waals surface area contributed by atoms with E-state index in [4.69, 9.17) is 4.74 Å². The molecule has 0 unspecified atom stereocenters. The number of hydrogen-bond acceptors (Lipinski definition) is 1. The minimum absolute atomic E-state index is 0.0940. The van der Waals surface area contributed by atoms with Crippen molar-refractivity contribution in [1.82, 2.24) is 0 Å². The van der Waals surface area contributed by atoms with E-state index in [9.17, 15) is 149 Å². The molecule has 402 valence electrons. The minimum atomic E-state index is -8.96. The van der Waals surface area contributed by atoms with E-state index in [0.717, 1.165) is 0 Å². The average Bonchev–Trinajstić information content (AvgIpc) is 3.18. The van der Waals surface area contributed by atoms with Gasteiger partial charge in [0.05, 0.1) is 0 Å². The van der Waals surface area contributed by atoms with Crippen LogP contribution in [0.15, 0.2) is 60.7 Å². The maximum absolute atomic E-state index is 14.5. The SMILES string of the molecule is FC(F)(F)C(F)(F)C(F)(F)C(F)(F)C(F)(F)C(F)(F)C(F)(F)C(F)(F)C/C=C\c1cc(/C=C\CC(F)(F)C(F)(F)C(F)(F)C(F)(F)C(F)(F)C(F)(F)C(F)(F)C(F)(F)F)cc(OCc2ccccc2)c1. The number of rotatable bonds is 21. The van der Waals surface area contributed by atoms with Gasteiger partial charge in [0.2, 0.25) is 0 Å². The van der Waals surface area contributed by atoms with Gasteiger partial charge in [0, 0.05) is 12.8 Å². The lowest BCUT2D eigenvalue weighted by atomic mass is 9.88. The van der Waals surface area contributed by atoms with Gasteiger partial charge in [-0.05, 0) is 34.9 Å². The number of allylic oxidation sites excluding steroid dienone is 2. The van der Waals surface area contributed by atoms with Gasteiger partial charge in [-0.25, -0.2) is 0 Å². The maximum atomic E-state index is 14.5. The summed E-state index contributed by atoms with van der Waals surface area (Å²) in [6.07, 6.45) is -23.8. The third-order valence-electron chi connectivity index (χ3n) is 9.14. The zero-order valence-electron chi connectivity index (χ0n) is 32.3. The summed E-state index contributed by atoms with van der Waals surface area (Å²) in [5.74, 6) is -119. The number of benzene rings is 2. The van der Waals surface area contributed by atoms with Crippen molar-refractivity contribution in [2.75, 3.05) is 0 Å². The van der Waals surface area contributed by atoms with Gasteiger partial charge in [0.1, 0.15) is 12.4 Å². The molecule has 2 aromatic carbocycles. The highest BCUT2D eigenvalue weighted by Crippen LogP contribution is 2.66. The van der Waals surface area contributed by atoms with Crippen LogP contribution in [0.3, 0.4) is 0 Å². The van der Waals surface area contributed by atoms with Crippen LogP contribution >= 0.6 is 0 Å². The molecule has 0 radical (unpaired) electrons. The first-order chi connectivity index (χ1) is 30.6. The largest absolute Gasteiger partial charge is 0.489 e. The summed E-state index contributed by atoms with van der Waals surface area (Å²) in [4.78, 5) is 0. The van der Waals surface area contributed by atoms with Crippen molar-refractivity contribution in [3.8, 4) is 5.75 Å². The molecular formula is C35H18F34O. The molecule has 0 spiro atoms. The van der Waals surface area contributed by atoms with Crippen molar-refractivity contribution in [3.05, 3.63) is 77.4 Å². The Kier molecular flexibility index (Phi) is 15.9. The lowest BCUT2D eigenvalue weighted by Crippen LogP contribution is -2.74. The Morgan fingerprint density at radius 2 is 0.571 bits per heavy atom. The second kappa shape index (κ2) is 18.1. The molecule has 2 rings (SSSR count). The summed E-state index contributed by atoms with van der Waals surface area (Å²) < 4.78 is 468. The van der Waals surface area contributed by atoms with Crippen LogP contribution in [0.5, 0.6) is 5.75 Å². The summed E-state index contributed by atoms with van der Waals surface area (Å²) in [6, 6.07) is 7.72. The van der Waals surface area contributed by atoms with Crippen LogP contribution in [0.25, 0.3) is 12.2 Å². The predicted molar refractivity (Wildman–Crippen MR) is 166 cm³/mol. The number of hydrogen-bond donors (Lipinski definition) is 0. The second-order valence-corrected chi connectivity index (χ2v) is 14.1. The number of alkyl halides is 34. The van der Waals surface area contributed by atoms with Crippen molar-refractivity contribution in [3.63, 3.8) is 0 Å². The average molecular weight is 1100 g/mol. The quantitative estimate of drug-likeness (QED) is 0.113. The zero-order chi connectivity index (χ0) is 55.6. The van der Waals surface area contributed by atoms with E-state index in [1.807, 2.05) is 0 Å². The topological polar surface area (TPSA) is 9.23 Å². The standard InChI is InChI=1S/C35H18F34O/c36-20(37,22(40,41)24(44,45)26(48,49)28(52,53)30(56,57)32(60,61)34(64,65)66)10-4-8-17-12-18(14-19(13-17)70-15-16-6-2-1-3-7-16)9-5-11-21(38,39)23(42,43)25(46,47)27(50,51)29(54,55)31(58,59)33(62,63)35(67,68)69/h1-9,12-14H,10-11,15H2/b8-4-,9-5-. The molecule has 2 aromatic rings. The van der Waals surface area contributed by atoms with Gasteiger partial charge in [0.25, 0.3) is 0 Å². The molecule has 0 aliphatic carbocycles. The minimum Gasteiger partial charge on any atom is -0.489 e. The maximum Gasteiger partial charge on any atom is 0.460 e. The van der Waals surface area contributed by atoms with Crippen LogP contribution in [0.1, 0.15) is 29.5 Å². The molecule has 0 heterocycles. The van der Waals surface area contributed by atoms with Crippen LogP contribution in [-0.2, 0) is 6.61 Å². The van der Waals surface area contributed by atoms with Gasteiger partial charge in [-0.3, -0.25) is 0 Å². The number of halogens is 34. The highest BCUT2D eigenvalue weighted by molar-refractivity contribution is 5.61. The van der Waals surface area contributed by atoms with Gasteiger partial charge in [0.15, 0.2) is 0 Å². The fourth-order valence-electron chi connectivity index (χ4n) is 5.00. The molecule has 0 amide bonds. The second-order valence-electron chi connectivity index (χ2n) is 14.1. The van der Waals surface area contributed by atoms with E-state index in [0.29, 0.717) is 12.1 Å². The highest BCUT2D eigenvalue weighted by Gasteiger charge is 2.96. The molecule has 0 saturated carbocycles. The molecule has 0 atom stereocenters. The predicted octanol–water partition coefficient (Wildman–Crippen LogP) is 16.1. The molecule has 70 heavy (non-hydrogen) atoms. The molecule has 0 aliphatic rings. The van der Waals surface area contributed by atoms with Gasteiger partial charge >= 0.3 is 95.3 Å². The van der Waals surface area contributed by atoms with Crippen molar-refractivity contribution in [1.29, 1.82) is 0 Å². The van der Waals surface area contributed by atoms with Gasteiger partial charge in [-0.1, -0.05) is 54.6 Å². The molecule has 0 saturated heterocycles. The Hall–Kier alpha value is -4.66. The molecule has 0 bridgehead atoms. The van der Waals surface area contributed by atoms with Crippen molar-refractivity contribution in [2.24, 2.45) is 0 Å². The first-order valence-electron chi connectivity index (χ1n) is 17.2. The van der Waals surface area contributed by atoms with Gasteiger partial charge < -0.3 is 4.74 Å². The van der Waals surface area contributed by atoms with E-state index < -0.39 is 144 Å². The third kappa shape index (κ3) is 9.57. The van der Waals surface area contributed by atoms with Crippen molar-refractivity contribution in [2.45, 2.75) is 115 Å². The fraction of sp³-hybridized carbons (Fsp3) is 0.543. The molecular weight excluding hydrogens is 1080 g/mol. The van der Waals surface area contributed by atoms with E-state index in [2.05, 4.69) is 0 Å². The first-order valence-corrected chi connectivity index (χ1v) is 17.2. The molecule has 0 aromatic heterocycles. The third-order valence-corrected chi connectivity index (χ3v) is 9.14. The van der Waals surface area contributed by atoms with Crippen molar-refractivity contribution < 1.29 is 154 Å². The monoisotopic (exact) mass is 1100 g/mol. The first kappa shape index (κ1) is 61.5. The van der Waals surface area contributed by atoms with Gasteiger partial charge in [-0.15, -0.1) is 0 Å². The Bertz CT molecular complexity index is 2050. The van der Waals surface area contributed by atoms with Gasteiger partial charge in [-0.2, -0.15) is 149 Å². The summed E-state index contributed by atoms with van der Waals surface area (Å²) >= 11 is 0. The van der Waals surface area contributed by atoms with Crippen molar-refractivity contribution >= 4 is 12.2 Å². The Morgan fingerprint density at radius 1 is 0.314 bits per heavy atom. The fourth-order valence-corrected chi connectivity index (χ4v) is 5.00. The molecule has 0 fully saturated rings. The molecule has 0 N–H and O–H groups in total. The lowest BCUT2D eigenvalue weighted by Gasteiger charge is -2.42. The summed E-state index contributed by atoms with van der Waals surface area (Å²) in [6.45, 7) is -0.657. The van der Waals surface area contributed by atoms with E-state index in [1.54, 1.807) is 0 Å². The van der Waals surface area contributed by atoms with Crippen LogP contribution in [0.2, 0.25) is 0 Å². The van der Waals surface area contributed by atoms with Crippen LogP contribution in [0.4, 0.5) is 149 Å². The van der Waals surface area contributed by atoms with Crippen LogP contribution in [0, 0.1) is 0 Å². The summed E-state index contributed by atoms with van der Waals surface area (Å²) in [5, 5.41) is 0. The van der Waals surface area contributed by atoms with E-state index in [1.165, 1.54) is 30.3 Å². The van der Waals surface area contributed by atoms with E-state index >= 15 is 0 Å². The number of ether oxygens (including phenoxy) is 1. The molecule has 1 nitrogen and oxygen atoms in total. The molecule has 0 aliphatic heterocycles.